The van der Waals surface area contributed by atoms with Crippen LogP contribution >= 0.6 is 23.5 Å². The van der Waals surface area contributed by atoms with Gasteiger partial charge in [-0.2, -0.15) is 0 Å². The number of rotatable bonds is 13. The molecule has 7 N–H and O–H groups in total. The Hall–Kier alpha value is -8.89. The van der Waals surface area contributed by atoms with Crippen LogP contribution in [-0.2, 0) is 17.6 Å². The number of nitrogens with zero attached hydrogens (tertiary/aromatic N) is 10. The minimum Gasteiger partial charge on any atom is -0.870 e. The van der Waals surface area contributed by atoms with Crippen molar-refractivity contribution in [2.45, 2.75) is 89.1 Å². The molecule has 0 spiro atoms. The van der Waals surface area contributed by atoms with Crippen molar-refractivity contribution in [1.82, 2.24) is 55.2 Å². The largest absolute Gasteiger partial charge is 1.00 e. The van der Waals surface area contributed by atoms with Crippen molar-refractivity contribution < 1.29 is 144 Å². The van der Waals surface area contributed by atoms with E-state index in [1.54, 1.807) is 101 Å². The van der Waals surface area contributed by atoms with Gasteiger partial charge in [0.15, 0.2) is 45.2 Å². The van der Waals surface area contributed by atoms with E-state index in [0.717, 1.165) is 68.9 Å². The molecule has 5 aromatic heterocycles. The molecule has 5 heterocycles. The van der Waals surface area contributed by atoms with Gasteiger partial charge in [-0.15, -0.1) is 23.5 Å². The molecule has 540 valence electrons. The molecule has 2 aliphatic rings. The van der Waals surface area contributed by atoms with E-state index >= 15 is 0 Å². The first-order valence-electron chi connectivity index (χ1n) is 30.5. The number of nitrogens with one attached hydrogen (secondary N) is 1. The van der Waals surface area contributed by atoms with Gasteiger partial charge in [0.25, 0.3) is 5.91 Å². The fraction of sp³-hybridized carbons (Fsp3) is 0.296. The summed E-state index contributed by atoms with van der Waals surface area (Å²) in [5.41, 5.74) is 18.6. The number of hydrogen-bond acceptors (Lipinski definition) is 28. The molecule has 0 radical (unpaired) electrons. The number of carbonyl (C=O) groups excluding carboxylic acids is 3. The topological polar surface area (TPSA) is 439 Å². The number of carbonyl (C=O) groups is 4. The standard InChI is InChI=1S/C26H27N3O5S.C20H23NO4S.C7H8N2O2.2C6H6N2O2.C6H8N2.K.Li.2H2O/c1-14-10-19(28-13-27-14)26(31)29-18-8-6-15-11-21(32-2)24(33-3)25(34-4)23(15)16-7-9-22(35-5)20(30)12-17(16)18;1-23-16-9-11-5-7-14(21)13-10-15(22)17(26-4)8-6-12(13)18(11)20(25-3)19(16)24-2;1-5-3-6(7(10)11-2)9-4-8-5;2*1-4-2-5(6(9)10)8-3-7-4;1-5-3-6(2)8-4-7-5;;;;/h7,9-13,18H,6,8H2,1-5H3,(H,29,31);6,8-10,14H,5,7,21H2,1-4H3;3-4H,1-2H3;2*2-3H,1H3,(H,9,10);3-4H,1-2H3;;;2*1H2/q;;;;;;2*+1;;/p-2/t18-;14-;;;;;;;;/m00......../s1. The minimum absolute atomic E-state index is 0. The molecule has 0 aliphatic heterocycles. The molecular weight excluding hydrogens is 1400 g/mol. The van der Waals surface area contributed by atoms with E-state index in [0.29, 0.717) is 85.5 Å². The quantitative estimate of drug-likeness (QED) is 0.0840. The van der Waals surface area contributed by atoms with E-state index in [9.17, 15) is 33.9 Å². The van der Waals surface area contributed by atoms with Crippen molar-refractivity contribution in [2.75, 3.05) is 62.3 Å². The zero-order valence-corrected chi connectivity index (χ0v) is 65.6. The third kappa shape index (κ3) is 24.6. The number of methoxy groups -OCH3 is 7. The molecule has 11 rings (SSSR count). The van der Waals surface area contributed by atoms with E-state index in [4.69, 9.17) is 39.3 Å². The third-order valence-corrected chi connectivity index (χ3v) is 16.6. The summed E-state index contributed by atoms with van der Waals surface area (Å²) in [6.07, 6.45) is 13.1. The Bertz CT molecular complexity index is 4480. The average Bonchev–Trinajstić information content (AvgIpc) is 1.48. The van der Waals surface area contributed by atoms with Crippen LogP contribution in [-0.4, -0.2) is 152 Å². The number of carboxylic acids is 2. The Labute approximate surface area is 664 Å². The first-order chi connectivity index (χ1) is 47.9. The van der Waals surface area contributed by atoms with Crippen molar-refractivity contribution >= 4 is 47.3 Å². The number of carboxylic acid groups (broad SMARTS) is 2. The van der Waals surface area contributed by atoms with Crippen molar-refractivity contribution in [3.05, 3.63) is 210 Å². The zero-order valence-electron chi connectivity index (χ0n) is 60.9. The molecule has 0 fully saturated rings. The Morgan fingerprint density at radius 2 is 0.865 bits per heavy atom. The summed E-state index contributed by atoms with van der Waals surface area (Å²) in [5.74, 6) is 0.238. The van der Waals surface area contributed by atoms with Gasteiger partial charge in [-0.05, 0) is 180 Å². The number of aryl methyl sites for hydroxylation is 8. The normalized spacial score (nSPS) is 12.2. The number of thioether (sulfide) groups is 2. The van der Waals surface area contributed by atoms with Crippen molar-refractivity contribution in [3.63, 3.8) is 0 Å². The first-order valence-corrected chi connectivity index (χ1v) is 32.9. The van der Waals surface area contributed by atoms with Gasteiger partial charge in [0.1, 0.15) is 37.3 Å². The summed E-state index contributed by atoms with van der Waals surface area (Å²) in [4.78, 5) is 109. The maximum absolute atomic E-state index is 13.1. The molecule has 104 heavy (non-hydrogen) atoms. The number of amides is 1. The second kappa shape index (κ2) is 44.7. The molecule has 0 unspecified atom stereocenters. The summed E-state index contributed by atoms with van der Waals surface area (Å²) in [6, 6.07) is 22.0. The molecule has 29 nitrogen and oxygen atoms in total. The van der Waals surface area contributed by atoms with E-state index in [-0.39, 0.29) is 121 Å². The maximum atomic E-state index is 13.1. The number of fused-ring (bicyclic) bond motifs is 6. The molecule has 2 atom stereocenters. The number of esters is 1. The van der Waals surface area contributed by atoms with Crippen LogP contribution in [0.2, 0.25) is 0 Å². The predicted molar refractivity (Wildman–Crippen MR) is 380 cm³/mol. The Balaban J connectivity index is 0.000000463. The number of nitrogens with two attached hydrogens (primary N) is 1. The molecule has 0 saturated carbocycles. The molecule has 33 heteroatoms. The van der Waals surface area contributed by atoms with E-state index in [1.807, 2.05) is 68.8 Å². The average molecular weight is 1480 g/mol. The van der Waals surface area contributed by atoms with Gasteiger partial charge in [-0.25, -0.2) is 59.4 Å². The summed E-state index contributed by atoms with van der Waals surface area (Å²) in [7, 11) is 10.8. The van der Waals surface area contributed by atoms with Crippen molar-refractivity contribution in [3.8, 4) is 56.8 Å². The monoisotopic (exact) mass is 1480 g/mol. The molecule has 9 aromatic rings. The first kappa shape index (κ1) is 91.2. The van der Waals surface area contributed by atoms with Gasteiger partial charge < -0.3 is 70.2 Å². The van der Waals surface area contributed by atoms with Gasteiger partial charge in [-0.3, -0.25) is 14.4 Å². The maximum Gasteiger partial charge on any atom is 1.00 e. The SMILES string of the molecule is COC(=O)c1cc(C)ncn1.COc1cc2c(c(OC)c1OC)-c1ccc(SC)c(=O)cc1[C@@H](N)CC2.COc1cc2c(c(OC)c1OC)-c1ccc(SC)c(=O)cc1[C@@H](NC(=O)c1cc(C)ncn1)CC2.Cc1cc(C(=O)O)ncn1.Cc1cc(C(=O)[O-])ncn1.Cc1cc(C)ncn1.O.[K+].[Li+].[OH-]. The number of ether oxygens (including phenoxy) is 7. The summed E-state index contributed by atoms with van der Waals surface area (Å²) < 4.78 is 38.2. The Morgan fingerprint density at radius 1 is 0.500 bits per heavy atom. The minimum atomic E-state index is -1.27. The number of aromatic carboxylic acids is 2. The van der Waals surface area contributed by atoms with Crippen LogP contribution in [0.4, 0.5) is 0 Å². The van der Waals surface area contributed by atoms with Crippen LogP contribution in [0, 0.1) is 41.5 Å². The second-order valence-corrected chi connectivity index (χ2v) is 23.4. The number of hydrogen-bond donors (Lipinski definition) is 3. The fourth-order valence-corrected chi connectivity index (χ4v) is 11.2. The molecular formula is C71H80KLiN12O17S2. The number of benzene rings is 2. The summed E-state index contributed by atoms with van der Waals surface area (Å²) in [5, 5.41) is 21.7. The van der Waals surface area contributed by atoms with Crippen LogP contribution in [0.25, 0.3) is 22.3 Å². The predicted octanol–water partition coefficient (Wildman–Crippen LogP) is 1.69. The Kier molecular flexibility index (Phi) is 39.2. The van der Waals surface area contributed by atoms with Crippen LogP contribution in [0.5, 0.6) is 34.5 Å². The van der Waals surface area contributed by atoms with Crippen molar-refractivity contribution in [2.24, 2.45) is 5.73 Å². The van der Waals surface area contributed by atoms with Crippen molar-refractivity contribution in [1.29, 1.82) is 0 Å². The summed E-state index contributed by atoms with van der Waals surface area (Å²) in [6.45, 7) is 10.9. The van der Waals surface area contributed by atoms with Crippen LogP contribution < -0.4 is 126 Å². The molecule has 0 saturated heterocycles. The van der Waals surface area contributed by atoms with Gasteiger partial charge in [-0.1, -0.05) is 12.1 Å². The molecule has 4 aromatic carbocycles. The van der Waals surface area contributed by atoms with Crippen LogP contribution in [0.15, 0.2) is 130 Å². The fourth-order valence-electron chi connectivity index (χ4n) is 10.3. The molecule has 0 bridgehead atoms. The molecule has 1 amide bonds. The van der Waals surface area contributed by atoms with E-state index in [2.05, 4.69) is 59.9 Å². The van der Waals surface area contributed by atoms with Gasteiger partial charge in [0.2, 0.25) is 11.5 Å². The van der Waals surface area contributed by atoms with E-state index < -0.39 is 23.9 Å². The third-order valence-electron chi connectivity index (χ3n) is 15.0. The second-order valence-electron chi connectivity index (χ2n) is 21.7. The van der Waals surface area contributed by atoms with Crippen LogP contribution in [0.3, 0.4) is 0 Å². The Morgan fingerprint density at radius 3 is 1.23 bits per heavy atom. The van der Waals surface area contributed by atoms with Crippen LogP contribution in [0.1, 0.15) is 123 Å². The van der Waals surface area contributed by atoms with Gasteiger partial charge in [0, 0.05) is 51.3 Å². The van der Waals surface area contributed by atoms with E-state index in [1.165, 1.54) is 68.1 Å². The molecule has 2 aliphatic carbocycles. The smallest absolute Gasteiger partial charge is 0.870 e. The van der Waals surface area contributed by atoms with Gasteiger partial charge in [0.05, 0.1) is 77.3 Å². The van der Waals surface area contributed by atoms with Gasteiger partial charge >= 0.3 is 82.2 Å². The number of aromatic nitrogens is 10. The zero-order chi connectivity index (χ0) is 73.3. The summed E-state index contributed by atoms with van der Waals surface area (Å²) >= 11 is 2.81.